The third-order valence-corrected chi connectivity index (χ3v) is 6.26. The second-order valence-corrected chi connectivity index (χ2v) is 8.52. The van der Waals surface area contributed by atoms with Gasteiger partial charge in [-0.05, 0) is 62.2 Å². The molecule has 2 amide bonds. The lowest BCUT2D eigenvalue weighted by molar-refractivity contribution is -0.119. The number of hydrogen-bond acceptors (Lipinski definition) is 4. The van der Waals surface area contributed by atoms with Gasteiger partial charge in [0.15, 0.2) is 0 Å². The van der Waals surface area contributed by atoms with Gasteiger partial charge in [-0.15, -0.1) is 0 Å². The van der Waals surface area contributed by atoms with Crippen molar-refractivity contribution in [2.24, 2.45) is 0 Å². The number of nitrogens with zero attached hydrogens (tertiary/aromatic N) is 3. The van der Waals surface area contributed by atoms with E-state index < -0.39 is 0 Å². The Morgan fingerprint density at radius 2 is 1.63 bits per heavy atom. The Hall–Kier alpha value is -3.02. The van der Waals surface area contributed by atoms with Crippen LogP contribution in [0.4, 0.5) is 22.7 Å². The number of amides is 2. The fourth-order valence-electron chi connectivity index (χ4n) is 4.63. The number of carbonyl (C=O) groups is 2. The fourth-order valence-corrected chi connectivity index (χ4v) is 4.63. The van der Waals surface area contributed by atoms with E-state index in [-0.39, 0.29) is 17.9 Å². The van der Waals surface area contributed by atoms with Crippen LogP contribution in [0, 0.1) is 0 Å². The van der Waals surface area contributed by atoms with Gasteiger partial charge in [-0.3, -0.25) is 9.59 Å². The van der Waals surface area contributed by atoms with Gasteiger partial charge >= 0.3 is 0 Å². The molecule has 158 valence electrons. The van der Waals surface area contributed by atoms with Crippen molar-refractivity contribution in [2.45, 2.75) is 44.7 Å². The molecule has 1 aliphatic carbocycles. The molecular weight excluding hydrogens is 376 g/mol. The van der Waals surface area contributed by atoms with Gasteiger partial charge in [-0.2, -0.15) is 0 Å². The van der Waals surface area contributed by atoms with Crippen LogP contribution >= 0.6 is 0 Å². The Morgan fingerprint density at radius 3 is 2.27 bits per heavy atom. The van der Waals surface area contributed by atoms with Crippen LogP contribution in [-0.4, -0.2) is 49.9 Å². The molecule has 6 heteroatoms. The SMILES string of the molecule is CC1C(=O)N(C)c2ccc(Nc3ccc(C(=O)N(C)C)cc3)cc2N1C1CCCC1. The van der Waals surface area contributed by atoms with Crippen LogP contribution < -0.4 is 15.1 Å². The first kappa shape index (κ1) is 20.3. The predicted molar refractivity (Wildman–Crippen MR) is 122 cm³/mol. The van der Waals surface area contributed by atoms with Crippen LogP contribution in [0.25, 0.3) is 0 Å². The van der Waals surface area contributed by atoms with E-state index in [1.165, 1.54) is 12.8 Å². The zero-order valence-corrected chi connectivity index (χ0v) is 18.2. The van der Waals surface area contributed by atoms with Crippen molar-refractivity contribution in [1.82, 2.24) is 4.90 Å². The summed E-state index contributed by atoms with van der Waals surface area (Å²) < 4.78 is 0. The topological polar surface area (TPSA) is 55.9 Å². The van der Waals surface area contributed by atoms with Crippen molar-refractivity contribution in [3.8, 4) is 0 Å². The molecule has 1 fully saturated rings. The van der Waals surface area contributed by atoms with E-state index in [1.807, 2.05) is 50.4 Å². The average Bonchev–Trinajstić information content (AvgIpc) is 3.26. The highest BCUT2D eigenvalue weighted by Crippen LogP contribution is 2.41. The molecule has 1 N–H and O–H groups in total. The first-order chi connectivity index (χ1) is 14.4. The zero-order valence-electron chi connectivity index (χ0n) is 18.2. The highest BCUT2D eigenvalue weighted by atomic mass is 16.2. The van der Waals surface area contributed by atoms with Crippen LogP contribution in [0.5, 0.6) is 0 Å². The Labute approximate surface area is 178 Å². The Bertz CT molecular complexity index is 948. The fraction of sp³-hybridized carbons (Fsp3) is 0.417. The molecule has 0 spiro atoms. The van der Waals surface area contributed by atoms with E-state index in [0.29, 0.717) is 11.6 Å². The highest BCUT2D eigenvalue weighted by Gasteiger charge is 2.38. The van der Waals surface area contributed by atoms with Gasteiger partial charge in [0.2, 0.25) is 5.91 Å². The lowest BCUT2D eigenvalue weighted by Crippen LogP contribution is -2.54. The number of nitrogens with one attached hydrogen (secondary N) is 1. The first-order valence-electron chi connectivity index (χ1n) is 10.7. The molecule has 0 radical (unpaired) electrons. The molecule has 2 aromatic rings. The molecule has 0 bridgehead atoms. The molecule has 2 aromatic carbocycles. The quantitative estimate of drug-likeness (QED) is 0.825. The number of benzene rings is 2. The lowest BCUT2D eigenvalue weighted by atomic mass is 10.0. The normalized spacial score (nSPS) is 19.1. The zero-order chi connectivity index (χ0) is 21.4. The second-order valence-electron chi connectivity index (χ2n) is 8.52. The molecule has 0 aromatic heterocycles. The molecule has 6 nitrogen and oxygen atoms in total. The summed E-state index contributed by atoms with van der Waals surface area (Å²) in [6.45, 7) is 2.01. The molecule has 4 rings (SSSR count). The van der Waals surface area contributed by atoms with E-state index >= 15 is 0 Å². The summed E-state index contributed by atoms with van der Waals surface area (Å²) in [5, 5.41) is 3.45. The average molecular weight is 407 g/mol. The van der Waals surface area contributed by atoms with Crippen LogP contribution in [0.3, 0.4) is 0 Å². The van der Waals surface area contributed by atoms with Crippen molar-refractivity contribution >= 4 is 34.6 Å². The number of fused-ring (bicyclic) bond motifs is 1. The summed E-state index contributed by atoms with van der Waals surface area (Å²) in [4.78, 5) is 30.6. The minimum absolute atomic E-state index is 0.00997. The maximum Gasteiger partial charge on any atom is 0.253 e. The van der Waals surface area contributed by atoms with Gasteiger partial charge in [0.1, 0.15) is 6.04 Å². The Balaban J connectivity index is 1.62. The number of rotatable bonds is 4. The smallest absolute Gasteiger partial charge is 0.253 e. The lowest BCUT2D eigenvalue weighted by Gasteiger charge is -2.43. The van der Waals surface area contributed by atoms with Gasteiger partial charge in [-0.1, -0.05) is 12.8 Å². The van der Waals surface area contributed by atoms with Gasteiger partial charge in [0.25, 0.3) is 5.91 Å². The van der Waals surface area contributed by atoms with E-state index in [9.17, 15) is 9.59 Å². The van der Waals surface area contributed by atoms with Crippen molar-refractivity contribution < 1.29 is 9.59 Å². The number of hydrogen-bond donors (Lipinski definition) is 1. The van der Waals surface area contributed by atoms with Crippen molar-refractivity contribution in [3.63, 3.8) is 0 Å². The second kappa shape index (κ2) is 8.01. The monoisotopic (exact) mass is 406 g/mol. The summed E-state index contributed by atoms with van der Waals surface area (Å²) in [7, 11) is 5.36. The van der Waals surface area contributed by atoms with Gasteiger partial charge in [-0.25, -0.2) is 0 Å². The van der Waals surface area contributed by atoms with E-state index in [1.54, 1.807) is 23.9 Å². The van der Waals surface area contributed by atoms with Gasteiger partial charge < -0.3 is 20.0 Å². The van der Waals surface area contributed by atoms with Crippen LogP contribution in [0.2, 0.25) is 0 Å². The molecule has 30 heavy (non-hydrogen) atoms. The molecule has 1 saturated carbocycles. The maximum atomic E-state index is 12.8. The standard InChI is InChI=1S/C24H30N4O2/c1-16-23(29)27(4)21-14-13-19(15-22(21)28(16)20-7-5-6-8-20)25-18-11-9-17(10-12-18)24(30)26(2)3/h9-16,20,25H,5-8H2,1-4H3. The van der Waals surface area contributed by atoms with E-state index in [0.717, 1.165) is 35.6 Å². The molecule has 1 aliphatic heterocycles. The maximum absolute atomic E-state index is 12.8. The highest BCUT2D eigenvalue weighted by molar-refractivity contribution is 6.05. The van der Waals surface area contributed by atoms with Crippen molar-refractivity contribution in [2.75, 3.05) is 36.3 Å². The minimum Gasteiger partial charge on any atom is -0.355 e. The third-order valence-electron chi connectivity index (χ3n) is 6.26. The largest absolute Gasteiger partial charge is 0.355 e. The predicted octanol–water partition coefficient (Wildman–Crippen LogP) is 4.25. The Morgan fingerprint density at radius 1 is 1.00 bits per heavy atom. The number of likely N-dealkylation sites (N-methyl/N-ethyl adjacent to an activating group) is 1. The van der Waals surface area contributed by atoms with Crippen LogP contribution in [0.1, 0.15) is 43.0 Å². The van der Waals surface area contributed by atoms with Crippen LogP contribution in [-0.2, 0) is 4.79 Å². The Kier molecular flexibility index (Phi) is 5.41. The van der Waals surface area contributed by atoms with E-state index in [2.05, 4.69) is 16.3 Å². The summed E-state index contributed by atoms with van der Waals surface area (Å²) in [5.41, 5.74) is 4.63. The molecule has 1 heterocycles. The summed E-state index contributed by atoms with van der Waals surface area (Å²) in [6, 6.07) is 13.9. The molecule has 1 unspecified atom stereocenters. The number of carbonyl (C=O) groups excluding carboxylic acids is 2. The summed E-state index contributed by atoms with van der Waals surface area (Å²) in [6.07, 6.45) is 4.73. The number of anilines is 4. The van der Waals surface area contributed by atoms with Gasteiger partial charge in [0.05, 0.1) is 11.4 Å². The van der Waals surface area contributed by atoms with Crippen molar-refractivity contribution in [1.29, 1.82) is 0 Å². The third kappa shape index (κ3) is 3.62. The van der Waals surface area contributed by atoms with Gasteiger partial charge in [0, 0.05) is 44.1 Å². The molecule has 1 atom stereocenters. The molecule has 2 aliphatic rings. The van der Waals surface area contributed by atoms with E-state index in [4.69, 9.17) is 0 Å². The minimum atomic E-state index is -0.155. The first-order valence-corrected chi connectivity index (χ1v) is 10.7. The van der Waals surface area contributed by atoms with Crippen molar-refractivity contribution in [3.05, 3.63) is 48.0 Å². The molecule has 0 saturated heterocycles. The summed E-state index contributed by atoms with van der Waals surface area (Å²) >= 11 is 0. The molecular formula is C24H30N4O2. The van der Waals surface area contributed by atoms with Crippen LogP contribution in [0.15, 0.2) is 42.5 Å². The summed E-state index contributed by atoms with van der Waals surface area (Å²) in [5.74, 6) is 0.139.